The first-order chi connectivity index (χ1) is 8.81. The predicted molar refractivity (Wildman–Crippen MR) is 73.7 cm³/mol. The fraction of sp³-hybridized carbons (Fsp3) is 0.0667. The van der Waals surface area contributed by atoms with Gasteiger partial charge in [0.15, 0.2) is 0 Å². The molecule has 0 saturated carbocycles. The lowest BCUT2D eigenvalue weighted by atomic mass is 9.89. The Kier molecular flexibility index (Phi) is 2.81. The van der Waals surface area contributed by atoms with E-state index in [1.165, 1.54) is 5.56 Å². The van der Waals surface area contributed by atoms with Gasteiger partial charge in [-0.25, -0.2) is 0 Å². The summed E-state index contributed by atoms with van der Waals surface area (Å²) in [6, 6.07) is 16.0. The first kappa shape index (κ1) is 11.0. The molecule has 1 heterocycles. The second kappa shape index (κ2) is 4.61. The van der Waals surface area contributed by atoms with Crippen molar-refractivity contribution in [2.24, 2.45) is 0 Å². The highest BCUT2D eigenvalue weighted by atomic mass is 16.6. The Balaban J connectivity index is 1.71. The molecule has 0 radical (unpaired) electrons. The summed E-state index contributed by atoms with van der Waals surface area (Å²) in [4.78, 5) is 0. The predicted octanol–water partition coefficient (Wildman–Crippen LogP) is 3.51. The van der Waals surface area contributed by atoms with Crippen LogP contribution in [0.2, 0.25) is 0 Å². The van der Waals surface area contributed by atoms with E-state index in [1.54, 1.807) is 0 Å². The van der Waals surface area contributed by atoms with Crippen molar-refractivity contribution in [3.63, 3.8) is 0 Å². The van der Waals surface area contributed by atoms with Crippen LogP contribution in [0.5, 0.6) is 11.5 Å². The van der Waals surface area contributed by atoms with E-state index in [0.717, 1.165) is 17.1 Å². The minimum Gasteiger partial charge on any atom is -0.520 e. The number of hydrogen-bond acceptors (Lipinski definition) is 2. The van der Waals surface area contributed by atoms with Gasteiger partial charge in [0.1, 0.15) is 11.5 Å². The zero-order valence-corrected chi connectivity index (χ0v) is 10.2. The number of aryl methyl sites for hydroxylation is 1. The highest BCUT2D eigenvalue weighted by Gasteiger charge is 2.28. The van der Waals surface area contributed by atoms with E-state index in [2.05, 4.69) is 31.2 Å². The van der Waals surface area contributed by atoms with E-state index >= 15 is 0 Å². The smallest absolute Gasteiger partial charge is 0.520 e. The maximum Gasteiger partial charge on any atom is 0.625 e. The molecule has 0 spiro atoms. The van der Waals surface area contributed by atoms with Crippen LogP contribution in [0, 0.1) is 6.92 Å². The topological polar surface area (TPSA) is 18.5 Å². The standard InChI is InChI=1S/C15H13BO2/c1-12-6-8-13(9-7-12)10-11-16-17-14-4-2-3-5-15(14)18-16/h2-11H,1H3/b11-10+. The molecular formula is C15H13BO2. The lowest BCUT2D eigenvalue weighted by Gasteiger charge is -1.98. The van der Waals surface area contributed by atoms with E-state index in [9.17, 15) is 0 Å². The van der Waals surface area contributed by atoms with Crippen LogP contribution in [0.25, 0.3) is 6.08 Å². The quantitative estimate of drug-likeness (QED) is 0.743. The molecule has 0 amide bonds. The van der Waals surface area contributed by atoms with Crippen LogP contribution in [0.15, 0.2) is 54.5 Å². The van der Waals surface area contributed by atoms with Crippen LogP contribution in [-0.2, 0) is 0 Å². The molecule has 0 bridgehead atoms. The zero-order valence-electron chi connectivity index (χ0n) is 10.2. The SMILES string of the molecule is Cc1ccc(/C=C/B2Oc3ccccc3O2)cc1. The zero-order chi connectivity index (χ0) is 12.4. The minimum absolute atomic E-state index is 0.330. The van der Waals surface area contributed by atoms with E-state index in [4.69, 9.17) is 9.31 Å². The van der Waals surface area contributed by atoms with Crippen molar-refractivity contribution in [2.45, 2.75) is 6.92 Å². The lowest BCUT2D eigenvalue weighted by Crippen LogP contribution is -2.21. The molecule has 1 aliphatic heterocycles. The summed E-state index contributed by atoms with van der Waals surface area (Å²) < 4.78 is 11.3. The van der Waals surface area contributed by atoms with Crippen molar-refractivity contribution >= 4 is 13.2 Å². The lowest BCUT2D eigenvalue weighted by molar-refractivity contribution is 0.517. The Morgan fingerprint density at radius 3 is 2.11 bits per heavy atom. The maximum atomic E-state index is 5.64. The Labute approximate surface area is 107 Å². The molecule has 0 unspecified atom stereocenters. The molecule has 0 aromatic heterocycles. The average Bonchev–Trinajstić information content (AvgIpc) is 2.81. The van der Waals surface area contributed by atoms with Crippen LogP contribution in [-0.4, -0.2) is 7.12 Å². The molecule has 18 heavy (non-hydrogen) atoms. The summed E-state index contributed by atoms with van der Waals surface area (Å²) in [5, 5.41) is 0. The molecule has 0 atom stereocenters. The molecule has 1 aliphatic rings. The van der Waals surface area contributed by atoms with Crippen molar-refractivity contribution < 1.29 is 9.31 Å². The van der Waals surface area contributed by atoms with Gasteiger partial charge in [-0.1, -0.05) is 48.0 Å². The highest BCUT2D eigenvalue weighted by molar-refractivity contribution is 6.54. The number of fused-ring (bicyclic) bond motifs is 1. The first-order valence-electron chi connectivity index (χ1n) is 5.98. The summed E-state index contributed by atoms with van der Waals surface area (Å²) in [6.45, 7) is 2.08. The van der Waals surface area contributed by atoms with Gasteiger partial charge in [0.05, 0.1) is 0 Å². The largest absolute Gasteiger partial charge is 0.625 e. The third-order valence-electron chi connectivity index (χ3n) is 2.86. The molecular weight excluding hydrogens is 223 g/mol. The van der Waals surface area contributed by atoms with E-state index in [1.807, 2.05) is 36.3 Å². The van der Waals surface area contributed by atoms with Gasteiger partial charge in [0, 0.05) is 0 Å². The van der Waals surface area contributed by atoms with E-state index < -0.39 is 0 Å². The van der Waals surface area contributed by atoms with Gasteiger partial charge in [0.25, 0.3) is 0 Å². The number of para-hydroxylation sites is 2. The van der Waals surface area contributed by atoms with Gasteiger partial charge in [-0.05, 0) is 30.6 Å². The van der Waals surface area contributed by atoms with Crippen molar-refractivity contribution in [3.8, 4) is 11.5 Å². The minimum atomic E-state index is -0.330. The van der Waals surface area contributed by atoms with Crippen LogP contribution in [0.4, 0.5) is 0 Å². The Morgan fingerprint density at radius 2 is 1.50 bits per heavy atom. The molecule has 3 rings (SSSR count). The normalized spacial score (nSPS) is 13.3. The summed E-state index contributed by atoms with van der Waals surface area (Å²) in [7, 11) is -0.330. The molecule has 2 aromatic rings. The van der Waals surface area contributed by atoms with Gasteiger partial charge in [-0.3, -0.25) is 0 Å². The second-order valence-electron chi connectivity index (χ2n) is 4.32. The molecule has 2 nitrogen and oxygen atoms in total. The Morgan fingerprint density at radius 1 is 0.889 bits per heavy atom. The summed E-state index contributed by atoms with van der Waals surface area (Å²) in [5.74, 6) is 3.53. The second-order valence-corrected chi connectivity index (χ2v) is 4.32. The fourth-order valence-electron chi connectivity index (χ4n) is 1.87. The van der Waals surface area contributed by atoms with Crippen LogP contribution in [0.1, 0.15) is 11.1 Å². The van der Waals surface area contributed by atoms with Gasteiger partial charge >= 0.3 is 7.12 Å². The van der Waals surface area contributed by atoms with Gasteiger partial charge < -0.3 is 9.31 Å². The third-order valence-corrected chi connectivity index (χ3v) is 2.86. The van der Waals surface area contributed by atoms with Crippen LogP contribution < -0.4 is 9.31 Å². The average molecular weight is 236 g/mol. The molecule has 3 heteroatoms. The third kappa shape index (κ3) is 2.25. The molecule has 2 aromatic carbocycles. The molecule has 0 N–H and O–H groups in total. The molecule has 0 aliphatic carbocycles. The highest BCUT2D eigenvalue weighted by Crippen LogP contribution is 2.32. The van der Waals surface area contributed by atoms with Crippen LogP contribution >= 0.6 is 0 Å². The Hall–Kier alpha value is -2.16. The molecule has 0 saturated heterocycles. The Bertz CT molecular complexity index is 550. The van der Waals surface area contributed by atoms with Gasteiger partial charge in [-0.2, -0.15) is 0 Å². The maximum absolute atomic E-state index is 5.64. The van der Waals surface area contributed by atoms with Gasteiger partial charge in [0.2, 0.25) is 0 Å². The number of rotatable bonds is 2. The van der Waals surface area contributed by atoms with Crippen molar-refractivity contribution in [1.29, 1.82) is 0 Å². The number of hydrogen-bond donors (Lipinski definition) is 0. The van der Waals surface area contributed by atoms with Gasteiger partial charge in [-0.15, -0.1) is 0 Å². The van der Waals surface area contributed by atoms with Crippen molar-refractivity contribution in [2.75, 3.05) is 0 Å². The summed E-state index contributed by atoms with van der Waals surface area (Å²) >= 11 is 0. The molecule has 0 fully saturated rings. The van der Waals surface area contributed by atoms with Crippen molar-refractivity contribution in [1.82, 2.24) is 0 Å². The first-order valence-corrected chi connectivity index (χ1v) is 5.98. The van der Waals surface area contributed by atoms with E-state index in [-0.39, 0.29) is 7.12 Å². The van der Waals surface area contributed by atoms with Crippen LogP contribution in [0.3, 0.4) is 0 Å². The monoisotopic (exact) mass is 236 g/mol. The summed E-state index contributed by atoms with van der Waals surface area (Å²) in [6.07, 6.45) is 2.01. The molecule has 88 valence electrons. The number of benzene rings is 2. The van der Waals surface area contributed by atoms with Crippen molar-refractivity contribution in [3.05, 3.63) is 65.6 Å². The fourth-order valence-corrected chi connectivity index (χ4v) is 1.87. The van der Waals surface area contributed by atoms with E-state index in [0.29, 0.717) is 0 Å². The summed E-state index contributed by atoms with van der Waals surface area (Å²) in [5.41, 5.74) is 2.40.